The third kappa shape index (κ3) is 5.61. The van der Waals surface area contributed by atoms with Gasteiger partial charge in [0.15, 0.2) is 0 Å². The Labute approximate surface area is 136 Å². The first-order valence-corrected chi connectivity index (χ1v) is 8.69. The Bertz CT molecular complexity index is 431. The van der Waals surface area contributed by atoms with Crippen LogP contribution in [0.1, 0.15) is 45.4 Å². The molecule has 0 aliphatic heterocycles. The Kier molecular flexibility index (Phi) is 6.52. The lowest BCUT2D eigenvalue weighted by atomic mass is 9.92. The fraction of sp³-hybridized carbons (Fsp3) is 0.647. The smallest absolute Gasteiger partial charge is 0.133 e. The van der Waals surface area contributed by atoms with Gasteiger partial charge in [0.25, 0.3) is 0 Å². The topological polar surface area (TPSA) is 41.5 Å². The van der Waals surface area contributed by atoms with Crippen LogP contribution in [0.4, 0.5) is 0 Å². The molecule has 0 aromatic heterocycles. The first kappa shape index (κ1) is 16.8. The maximum atomic E-state index is 10.1. The number of hydrogen-bond acceptors (Lipinski definition) is 3. The van der Waals surface area contributed by atoms with Gasteiger partial charge in [-0.25, -0.2) is 0 Å². The molecule has 1 aliphatic rings. The number of halogens is 1. The number of rotatable bonds is 6. The Balaban J connectivity index is 1.74. The third-order valence-corrected chi connectivity index (χ3v) is 4.89. The molecule has 1 saturated carbocycles. The van der Waals surface area contributed by atoms with Crippen LogP contribution in [0, 0.1) is 0 Å². The van der Waals surface area contributed by atoms with Crippen LogP contribution in [0.5, 0.6) is 5.75 Å². The van der Waals surface area contributed by atoms with E-state index in [9.17, 15) is 5.11 Å². The molecule has 0 saturated heterocycles. The average Bonchev–Trinajstić information content (AvgIpc) is 2.70. The summed E-state index contributed by atoms with van der Waals surface area (Å²) in [5.74, 6) is 0.775. The number of hydrogen-bond donors (Lipinski definition) is 2. The summed E-state index contributed by atoms with van der Waals surface area (Å²) in [5, 5.41) is 13.7. The van der Waals surface area contributed by atoms with E-state index < -0.39 is 6.10 Å². The van der Waals surface area contributed by atoms with Crippen molar-refractivity contribution in [3.63, 3.8) is 0 Å². The van der Waals surface area contributed by atoms with Gasteiger partial charge in [0.2, 0.25) is 0 Å². The lowest BCUT2D eigenvalue weighted by molar-refractivity contribution is 0.0955. The molecule has 4 heteroatoms. The highest BCUT2D eigenvalue weighted by Gasteiger charge is 2.25. The van der Waals surface area contributed by atoms with E-state index in [0.717, 1.165) is 10.2 Å². The Morgan fingerprint density at radius 2 is 1.90 bits per heavy atom. The molecule has 3 nitrogen and oxygen atoms in total. The maximum Gasteiger partial charge on any atom is 0.133 e. The van der Waals surface area contributed by atoms with E-state index in [1.165, 1.54) is 38.5 Å². The normalized spacial score (nSPS) is 19.8. The molecule has 1 atom stereocenters. The zero-order valence-corrected chi connectivity index (χ0v) is 14.4. The van der Waals surface area contributed by atoms with Crippen LogP contribution in [0.25, 0.3) is 0 Å². The van der Waals surface area contributed by atoms with Gasteiger partial charge in [-0.15, -0.1) is 0 Å². The number of aliphatic hydroxyl groups is 1. The summed E-state index contributed by atoms with van der Waals surface area (Å²) < 4.78 is 6.58. The summed E-state index contributed by atoms with van der Waals surface area (Å²) in [6, 6.07) is 7.71. The summed E-state index contributed by atoms with van der Waals surface area (Å²) in [5.41, 5.74) is 0.171. The van der Waals surface area contributed by atoms with Crippen molar-refractivity contribution in [3.8, 4) is 5.75 Å². The maximum absolute atomic E-state index is 10.1. The SMILES string of the molecule is CC1(NCC(O)COc2ccccc2Br)CCCCCC1. The minimum atomic E-state index is -0.489. The summed E-state index contributed by atoms with van der Waals surface area (Å²) in [7, 11) is 0. The van der Waals surface area contributed by atoms with E-state index >= 15 is 0 Å². The molecule has 0 amide bonds. The predicted octanol–water partition coefficient (Wildman–Crippen LogP) is 3.89. The molecule has 0 spiro atoms. The van der Waals surface area contributed by atoms with Gasteiger partial charge in [-0.1, -0.05) is 37.8 Å². The lowest BCUT2D eigenvalue weighted by Gasteiger charge is -2.31. The largest absolute Gasteiger partial charge is 0.490 e. The third-order valence-electron chi connectivity index (χ3n) is 4.24. The van der Waals surface area contributed by atoms with E-state index in [0.29, 0.717) is 13.2 Å². The predicted molar refractivity (Wildman–Crippen MR) is 89.8 cm³/mol. The van der Waals surface area contributed by atoms with Gasteiger partial charge in [-0.05, 0) is 47.8 Å². The molecule has 2 rings (SSSR count). The first-order chi connectivity index (χ1) is 10.1. The van der Waals surface area contributed by atoms with Gasteiger partial charge in [0, 0.05) is 12.1 Å². The summed E-state index contributed by atoms with van der Waals surface area (Å²) >= 11 is 3.44. The van der Waals surface area contributed by atoms with Crippen molar-refractivity contribution in [1.29, 1.82) is 0 Å². The highest BCUT2D eigenvalue weighted by molar-refractivity contribution is 9.10. The fourth-order valence-corrected chi connectivity index (χ4v) is 3.26. The van der Waals surface area contributed by atoms with Crippen LogP contribution in [0.2, 0.25) is 0 Å². The van der Waals surface area contributed by atoms with Crippen molar-refractivity contribution in [2.45, 2.75) is 57.1 Å². The number of para-hydroxylation sites is 1. The van der Waals surface area contributed by atoms with Crippen LogP contribution in [0.15, 0.2) is 28.7 Å². The molecule has 0 heterocycles. The molecule has 2 N–H and O–H groups in total. The van der Waals surface area contributed by atoms with E-state index in [-0.39, 0.29) is 5.54 Å². The molecule has 1 aromatic carbocycles. The zero-order valence-electron chi connectivity index (χ0n) is 12.8. The minimum Gasteiger partial charge on any atom is -0.490 e. The second-order valence-corrected chi connectivity index (χ2v) is 7.11. The van der Waals surface area contributed by atoms with Crippen molar-refractivity contribution in [1.82, 2.24) is 5.32 Å². The van der Waals surface area contributed by atoms with Crippen molar-refractivity contribution in [2.75, 3.05) is 13.2 Å². The molecule has 21 heavy (non-hydrogen) atoms. The van der Waals surface area contributed by atoms with Crippen LogP contribution < -0.4 is 10.1 Å². The monoisotopic (exact) mass is 355 g/mol. The van der Waals surface area contributed by atoms with E-state index in [2.05, 4.69) is 28.2 Å². The lowest BCUT2D eigenvalue weighted by Crippen LogP contribution is -2.46. The highest BCUT2D eigenvalue weighted by atomic mass is 79.9. The van der Waals surface area contributed by atoms with Gasteiger partial charge in [0.05, 0.1) is 4.47 Å². The van der Waals surface area contributed by atoms with E-state index in [4.69, 9.17) is 4.74 Å². The van der Waals surface area contributed by atoms with Crippen LogP contribution in [0.3, 0.4) is 0 Å². The van der Waals surface area contributed by atoms with Crippen LogP contribution >= 0.6 is 15.9 Å². The molecular formula is C17H26BrNO2. The van der Waals surface area contributed by atoms with Crippen molar-refractivity contribution < 1.29 is 9.84 Å². The molecular weight excluding hydrogens is 330 g/mol. The molecule has 1 aromatic rings. The van der Waals surface area contributed by atoms with E-state index in [1.807, 2.05) is 24.3 Å². The molecule has 118 valence electrons. The van der Waals surface area contributed by atoms with Crippen LogP contribution in [-0.2, 0) is 0 Å². The molecule has 0 radical (unpaired) electrons. The van der Waals surface area contributed by atoms with Crippen molar-refractivity contribution in [3.05, 3.63) is 28.7 Å². The number of aliphatic hydroxyl groups excluding tert-OH is 1. The minimum absolute atomic E-state index is 0.171. The van der Waals surface area contributed by atoms with Crippen molar-refractivity contribution >= 4 is 15.9 Å². The van der Waals surface area contributed by atoms with Gasteiger partial charge in [-0.2, -0.15) is 0 Å². The van der Waals surface area contributed by atoms with E-state index in [1.54, 1.807) is 0 Å². The fourth-order valence-electron chi connectivity index (χ4n) is 2.86. The first-order valence-electron chi connectivity index (χ1n) is 7.89. The molecule has 1 aliphatic carbocycles. The Morgan fingerprint density at radius 1 is 1.24 bits per heavy atom. The zero-order chi connectivity index (χ0) is 15.1. The highest BCUT2D eigenvalue weighted by Crippen LogP contribution is 2.26. The van der Waals surface area contributed by atoms with Gasteiger partial charge < -0.3 is 15.2 Å². The Morgan fingerprint density at radius 3 is 2.57 bits per heavy atom. The Hall–Kier alpha value is -0.580. The quantitative estimate of drug-likeness (QED) is 0.760. The number of nitrogens with one attached hydrogen (secondary N) is 1. The second kappa shape index (κ2) is 8.16. The van der Waals surface area contributed by atoms with Gasteiger partial charge >= 0.3 is 0 Å². The van der Waals surface area contributed by atoms with Gasteiger partial charge in [0.1, 0.15) is 18.5 Å². The molecule has 1 unspecified atom stereocenters. The molecule has 0 bridgehead atoms. The van der Waals surface area contributed by atoms with Crippen LogP contribution in [-0.4, -0.2) is 29.9 Å². The average molecular weight is 356 g/mol. The standard InChI is InChI=1S/C17H26BrNO2/c1-17(10-6-2-3-7-11-17)19-12-14(20)13-21-16-9-5-4-8-15(16)18/h4-5,8-9,14,19-20H,2-3,6-7,10-13H2,1H3. The second-order valence-electron chi connectivity index (χ2n) is 6.25. The number of β-amino-alcohol motifs (C(OH)–C–C–N with tert-alkyl or cyclic N) is 1. The summed E-state index contributed by atoms with van der Waals surface area (Å²) in [6.07, 6.45) is 7.16. The van der Waals surface area contributed by atoms with Crippen molar-refractivity contribution in [2.24, 2.45) is 0 Å². The number of ether oxygens (including phenoxy) is 1. The number of benzene rings is 1. The molecule has 1 fully saturated rings. The summed E-state index contributed by atoms with van der Waals surface area (Å²) in [4.78, 5) is 0. The van der Waals surface area contributed by atoms with Gasteiger partial charge in [-0.3, -0.25) is 0 Å². The summed E-state index contributed by atoms with van der Waals surface area (Å²) in [6.45, 7) is 3.17.